The number of fused-ring (bicyclic) bond motifs is 2. The summed E-state index contributed by atoms with van der Waals surface area (Å²) in [5.74, 6) is 1.51. The summed E-state index contributed by atoms with van der Waals surface area (Å²) in [4.78, 5) is 0. The van der Waals surface area contributed by atoms with Crippen LogP contribution in [0.25, 0.3) is 32.7 Å². The minimum atomic E-state index is 0.273. The summed E-state index contributed by atoms with van der Waals surface area (Å²) >= 11 is 0. The Balaban J connectivity index is 2.07. The van der Waals surface area contributed by atoms with Gasteiger partial charge in [-0.3, -0.25) is 0 Å². The molecule has 0 unspecified atom stereocenters. The van der Waals surface area contributed by atoms with Crippen LogP contribution in [-0.2, 0) is 0 Å². The van der Waals surface area contributed by atoms with Crippen molar-refractivity contribution < 1.29 is 9.84 Å². The summed E-state index contributed by atoms with van der Waals surface area (Å²) in [7, 11) is 0. The molecule has 0 aromatic heterocycles. The predicted molar refractivity (Wildman–Crippen MR) is 109 cm³/mol. The molecule has 0 amide bonds. The van der Waals surface area contributed by atoms with Crippen LogP contribution in [0.4, 0.5) is 0 Å². The van der Waals surface area contributed by atoms with E-state index in [0.717, 1.165) is 38.4 Å². The van der Waals surface area contributed by atoms with Gasteiger partial charge in [-0.05, 0) is 39.6 Å². The largest absolute Gasteiger partial charge is 0.507 e. The van der Waals surface area contributed by atoms with Crippen LogP contribution in [0.1, 0.15) is 13.8 Å². The summed E-state index contributed by atoms with van der Waals surface area (Å²) < 4.78 is 6.15. The zero-order valence-electron chi connectivity index (χ0n) is 15.1. The first-order chi connectivity index (χ1) is 12.6. The number of hydrogen-bond donors (Lipinski definition) is 1. The summed E-state index contributed by atoms with van der Waals surface area (Å²) in [5, 5.41) is 15.1. The maximum Gasteiger partial charge on any atom is 0.127 e. The van der Waals surface area contributed by atoms with Gasteiger partial charge < -0.3 is 9.84 Å². The highest BCUT2D eigenvalue weighted by Gasteiger charge is 2.17. The first-order valence-corrected chi connectivity index (χ1v) is 9.01. The predicted octanol–water partition coefficient (Wildman–Crippen LogP) is 6.40. The maximum atomic E-state index is 10.8. The van der Waals surface area contributed by atoms with Crippen LogP contribution in [-0.4, -0.2) is 11.7 Å². The topological polar surface area (TPSA) is 29.5 Å². The monoisotopic (exact) mass is 342 g/mol. The van der Waals surface area contributed by atoms with Crippen molar-refractivity contribution in [2.24, 2.45) is 5.92 Å². The van der Waals surface area contributed by atoms with E-state index < -0.39 is 0 Å². The molecule has 0 aliphatic carbocycles. The summed E-state index contributed by atoms with van der Waals surface area (Å²) in [6.07, 6.45) is 0. The van der Waals surface area contributed by atoms with Crippen LogP contribution < -0.4 is 4.74 Å². The molecule has 0 atom stereocenters. The SMILES string of the molecule is CC(C)COc1ccc2ccccc2c1-c1c(O)ccc2ccccc12. The molecular formula is C24H22O2. The third kappa shape index (κ3) is 2.88. The van der Waals surface area contributed by atoms with E-state index in [1.54, 1.807) is 6.07 Å². The Bertz CT molecular complexity index is 1080. The molecule has 0 aliphatic rings. The van der Waals surface area contributed by atoms with Crippen LogP contribution in [0, 0.1) is 5.92 Å². The molecule has 2 heteroatoms. The Kier molecular flexibility index (Phi) is 4.26. The molecular weight excluding hydrogens is 320 g/mol. The van der Waals surface area contributed by atoms with Gasteiger partial charge in [0.15, 0.2) is 0 Å². The summed E-state index contributed by atoms with van der Waals surface area (Å²) in [6.45, 7) is 4.91. The second-order valence-electron chi connectivity index (χ2n) is 7.05. The molecule has 0 radical (unpaired) electrons. The van der Waals surface area contributed by atoms with Gasteiger partial charge in [0.05, 0.1) is 6.61 Å². The first-order valence-electron chi connectivity index (χ1n) is 9.01. The molecule has 1 N–H and O–H groups in total. The van der Waals surface area contributed by atoms with E-state index in [9.17, 15) is 5.11 Å². The van der Waals surface area contributed by atoms with E-state index in [1.807, 2.05) is 36.4 Å². The van der Waals surface area contributed by atoms with Gasteiger partial charge in [0.1, 0.15) is 11.5 Å². The highest BCUT2D eigenvalue weighted by atomic mass is 16.5. The second kappa shape index (κ2) is 6.72. The third-order valence-corrected chi connectivity index (χ3v) is 4.62. The van der Waals surface area contributed by atoms with Gasteiger partial charge in [-0.25, -0.2) is 0 Å². The van der Waals surface area contributed by atoms with Gasteiger partial charge in [-0.15, -0.1) is 0 Å². The standard InChI is InChI=1S/C24H22O2/c1-16(2)15-26-22-14-12-18-8-4-6-10-20(18)24(22)23-19-9-5-3-7-17(19)11-13-21(23)25/h3-14,16,25H,15H2,1-2H3. The second-order valence-corrected chi connectivity index (χ2v) is 7.05. The van der Waals surface area contributed by atoms with Crippen LogP contribution in [0.3, 0.4) is 0 Å². The number of rotatable bonds is 4. The van der Waals surface area contributed by atoms with Crippen LogP contribution in [0.15, 0.2) is 72.8 Å². The fraction of sp³-hybridized carbons (Fsp3) is 0.167. The van der Waals surface area contributed by atoms with Gasteiger partial charge in [-0.1, -0.05) is 74.5 Å². The van der Waals surface area contributed by atoms with Crippen molar-refractivity contribution in [3.8, 4) is 22.6 Å². The Morgan fingerprint density at radius 2 is 1.31 bits per heavy atom. The van der Waals surface area contributed by atoms with Crippen molar-refractivity contribution in [1.29, 1.82) is 0 Å². The third-order valence-electron chi connectivity index (χ3n) is 4.62. The molecule has 4 aromatic carbocycles. The molecule has 0 saturated carbocycles. The molecule has 2 nitrogen and oxygen atoms in total. The Labute approximate surface area is 153 Å². The molecule has 4 aromatic rings. The average Bonchev–Trinajstić information content (AvgIpc) is 2.66. The molecule has 0 aliphatic heterocycles. The molecule has 4 rings (SSSR count). The Morgan fingerprint density at radius 1 is 0.731 bits per heavy atom. The maximum absolute atomic E-state index is 10.8. The van der Waals surface area contributed by atoms with Crippen molar-refractivity contribution in [2.75, 3.05) is 6.61 Å². The first kappa shape index (κ1) is 16.5. The fourth-order valence-electron chi connectivity index (χ4n) is 3.41. The molecule has 0 heterocycles. The van der Waals surface area contributed by atoms with Crippen LogP contribution >= 0.6 is 0 Å². The number of aromatic hydroxyl groups is 1. The van der Waals surface area contributed by atoms with Crippen LogP contribution in [0.2, 0.25) is 0 Å². The molecule has 130 valence electrons. The van der Waals surface area contributed by atoms with E-state index in [4.69, 9.17) is 4.74 Å². The molecule has 26 heavy (non-hydrogen) atoms. The van der Waals surface area contributed by atoms with Crippen molar-refractivity contribution in [1.82, 2.24) is 0 Å². The number of phenolic OH excluding ortho intramolecular Hbond substituents is 1. The van der Waals surface area contributed by atoms with Crippen molar-refractivity contribution in [3.63, 3.8) is 0 Å². The lowest BCUT2D eigenvalue weighted by Crippen LogP contribution is -2.05. The van der Waals surface area contributed by atoms with Gasteiger partial charge in [0.2, 0.25) is 0 Å². The number of phenols is 1. The Hall–Kier alpha value is -3.00. The fourth-order valence-corrected chi connectivity index (χ4v) is 3.41. The van der Waals surface area contributed by atoms with E-state index in [0.29, 0.717) is 12.5 Å². The van der Waals surface area contributed by atoms with Gasteiger partial charge in [0.25, 0.3) is 0 Å². The lowest BCUT2D eigenvalue weighted by molar-refractivity contribution is 0.272. The van der Waals surface area contributed by atoms with Crippen molar-refractivity contribution in [2.45, 2.75) is 13.8 Å². The van der Waals surface area contributed by atoms with Crippen molar-refractivity contribution in [3.05, 3.63) is 72.8 Å². The van der Waals surface area contributed by atoms with Gasteiger partial charge in [-0.2, -0.15) is 0 Å². The number of benzene rings is 4. The quantitative estimate of drug-likeness (QED) is 0.465. The minimum absolute atomic E-state index is 0.273. The zero-order valence-corrected chi connectivity index (χ0v) is 15.1. The zero-order chi connectivity index (χ0) is 18.1. The summed E-state index contributed by atoms with van der Waals surface area (Å²) in [6, 6.07) is 24.2. The van der Waals surface area contributed by atoms with E-state index in [2.05, 4.69) is 44.2 Å². The minimum Gasteiger partial charge on any atom is -0.507 e. The van der Waals surface area contributed by atoms with Gasteiger partial charge >= 0.3 is 0 Å². The Morgan fingerprint density at radius 3 is 1.96 bits per heavy atom. The highest BCUT2D eigenvalue weighted by molar-refractivity contribution is 6.09. The lowest BCUT2D eigenvalue weighted by atomic mass is 9.92. The van der Waals surface area contributed by atoms with E-state index in [-0.39, 0.29) is 5.75 Å². The highest BCUT2D eigenvalue weighted by Crippen LogP contribution is 2.44. The smallest absolute Gasteiger partial charge is 0.127 e. The molecule has 0 bridgehead atoms. The number of hydrogen-bond acceptors (Lipinski definition) is 2. The summed E-state index contributed by atoms with van der Waals surface area (Å²) in [5.41, 5.74) is 1.79. The van der Waals surface area contributed by atoms with E-state index in [1.165, 1.54) is 0 Å². The molecule has 0 fully saturated rings. The van der Waals surface area contributed by atoms with Gasteiger partial charge in [0, 0.05) is 11.1 Å². The van der Waals surface area contributed by atoms with E-state index >= 15 is 0 Å². The van der Waals surface area contributed by atoms with Crippen LogP contribution in [0.5, 0.6) is 11.5 Å². The average molecular weight is 342 g/mol. The molecule has 0 saturated heterocycles. The molecule has 0 spiro atoms. The normalized spacial score (nSPS) is 11.3. The lowest BCUT2D eigenvalue weighted by Gasteiger charge is -2.18. The number of ether oxygens (including phenoxy) is 1. The van der Waals surface area contributed by atoms with Crippen molar-refractivity contribution >= 4 is 21.5 Å².